The molecular formula is C23H23N5O. The van der Waals surface area contributed by atoms with Crippen LogP contribution in [0.1, 0.15) is 27.2 Å². The Hall–Kier alpha value is -3.09. The van der Waals surface area contributed by atoms with Crippen LogP contribution in [-0.2, 0) is 19.6 Å². The molecule has 2 aliphatic heterocycles. The van der Waals surface area contributed by atoms with Crippen molar-refractivity contribution in [2.24, 2.45) is 10.7 Å². The largest absolute Gasteiger partial charge is 0.325 e. The van der Waals surface area contributed by atoms with Crippen molar-refractivity contribution in [2.45, 2.75) is 19.6 Å². The normalized spacial score (nSPS) is 16.3. The number of fused-ring (bicyclic) bond motifs is 2. The molecule has 0 fully saturated rings. The van der Waals surface area contributed by atoms with Crippen molar-refractivity contribution in [3.63, 3.8) is 0 Å². The van der Waals surface area contributed by atoms with Gasteiger partial charge in [0.2, 0.25) is 0 Å². The molecule has 0 spiro atoms. The minimum atomic E-state index is 0.0508. The lowest BCUT2D eigenvalue weighted by molar-refractivity contribution is 0.1000. The molecule has 0 bridgehead atoms. The van der Waals surface area contributed by atoms with Gasteiger partial charge < -0.3 is 5.73 Å². The van der Waals surface area contributed by atoms with Gasteiger partial charge in [0.25, 0.3) is 0 Å². The molecule has 6 nitrogen and oxygen atoms in total. The molecule has 5 rings (SSSR count). The van der Waals surface area contributed by atoms with E-state index in [1.807, 2.05) is 30.5 Å². The molecule has 146 valence electrons. The molecule has 0 saturated carbocycles. The van der Waals surface area contributed by atoms with Crippen LogP contribution in [0, 0.1) is 0 Å². The summed E-state index contributed by atoms with van der Waals surface area (Å²) in [5.74, 6) is 0.0508. The fourth-order valence-corrected chi connectivity index (χ4v) is 4.22. The smallest absolute Gasteiger partial charge is 0.184 e. The van der Waals surface area contributed by atoms with Gasteiger partial charge in [-0.2, -0.15) is 5.10 Å². The predicted octanol–water partition coefficient (Wildman–Crippen LogP) is 2.51. The molecule has 0 atom stereocenters. The average Bonchev–Trinajstić information content (AvgIpc) is 3.18. The second-order valence-electron chi connectivity index (χ2n) is 7.57. The molecule has 0 amide bonds. The van der Waals surface area contributed by atoms with Gasteiger partial charge in [0.1, 0.15) is 6.54 Å². The first-order valence-electron chi connectivity index (χ1n) is 9.95. The highest BCUT2D eigenvalue weighted by Crippen LogP contribution is 2.30. The molecule has 0 unspecified atom stereocenters. The lowest BCUT2D eigenvalue weighted by Gasteiger charge is -2.28. The second-order valence-corrected chi connectivity index (χ2v) is 7.57. The number of Topliss-reactive ketones (excluding diaryl/α,β-unsaturated/α-hetero) is 1. The number of nitrogens with two attached hydrogens (primary N) is 1. The molecule has 3 aromatic rings. The highest BCUT2D eigenvalue weighted by Gasteiger charge is 2.24. The number of benzene rings is 2. The van der Waals surface area contributed by atoms with Crippen molar-refractivity contribution in [1.29, 1.82) is 0 Å². The Balaban J connectivity index is 1.47. The van der Waals surface area contributed by atoms with Crippen LogP contribution in [0.2, 0.25) is 0 Å². The lowest BCUT2D eigenvalue weighted by Crippen LogP contribution is -2.33. The van der Waals surface area contributed by atoms with E-state index in [4.69, 9.17) is 5.73 Å². The Morgan fingerprint density at radius 3 is 2.69 bits per heavy atom. The summed E-state index contributed by atoms with van der Waals surface area (Å²) >= 11 is 0. The Labute approximate surface area is 169 Å². The van der Waals surface area contributed by atoms with Crippen molar-refractivity contribution in [1.82, 2.24) is 14.7 Å². The zero-order chi connectivity index (χ0) is 19.8. The molecule has 6 heteroatoms. The lowest BCUT2D eigenvalue weighted by atomic mass is 9.92. The third kappa shape index (κ3) is 3.30. The van der Waals surface area contributed by atoms with E-state index in [0.29, 0.717) is 6.54 Å². The second kappa shape index (κ2) is 7.39. The van der Waals surface area contributed by atoms with Gasteiger partial charge in [-0.3, -0.25) is 19.4 Å². The Morgan fingerprint density at radius 2 is 1.86 bits per heavy atom. The van der Waals surface area contributed by atoms with E-state index >= 15 is 0 Å². The first-order chi connectivity index (χ1) is 14.2. The van der Waals surface area contributed by atoms with Gasteiger partial charge in [-0.05, 0) is 17.2 Å². The summed E-state index contributed by atoms with van der Waals surface area (Å²) in [6.45, 7) is 4.15. The van der Waals surface area contributed by atoms with E-state index in [-0.39, 0.29) is 12.3 Å². The average molecular weight is 385 g/mol. The number of aliphatic imine (C=N–C) groups is 1. The molecule has 1 aromatic heterocycles. The molecule has 0 radical (unpaired) electrons. The summed E-state index contributed by atoms with van der Waals surface area (Å²) in [6.07, 6.45) is 1.94. The van der Waals surface area contributed by atoms with Crippen molar-refractivity contribution in [2.75, 3.05) is 19.6 Å². The fraction of sp³-hybridized carbons (Fsp3) is 0.261. The van der Waals surface area contributed by atoms with E-state index < -0.39 is 0 Å². The van der Waals surface area contributed by atoms with Crippen LogP contribution in [0.3, 0.4) is 0 Å². The molecular weight excluding hydrogens is 362 g/mol. The number of aromatic nitrogens is 2. The summed E-state index contributed by atoms with van der Waals surface area (Å²) in [5, 5.41) is 4.61. The molecule has 0 saturated heterocycles. The van der Waals surface area contributed by atoms with Crippen molar-refractivity contribution < 1.29 is 4.79 Å². The van der Waals surface area contributed by atoms with Gasteiger partial charge in [-0.1, -0.05) is 42.5 Å². The van der Waals surface area contributed by atoms with Crippen molar-refractivity contribution in [3.8, 4) is 11.1 Å². The van der Waals surface area contributed by atoms with Gasteiger partial charge in [-0.25, -0.2) is 0 Å². The highest BCUT2D eigenvalue weighted by molar-refractivity contribution is 6.16. The number of carbonyl (C=O) groups is 1. The minimum absolute atomic E-state index is 0.0508. The van der Waals surface area contributed by atoms with Gasteiger partial charge in [-0.15, -0.1) is 0 Å². The van der Waals surface area contributed by atoms with Crippen LogP contribution in [0.25, 0.3) is 11.1 Å². The number of ketones is 1. The number of carbonyl (C=O) groups excluding carboxylic acids is 1. The van der Waals surface area contributed by atoms with Gasteiger partial charge in [0.15, 0.2) is 5.78 Å². The summed E-state index contributed by atoms with van der Waals surface area (Å²) in [5.41, 5.74) is 12.9. The molecule has 2 aliphatic rings. The van der Waals surface area contributed by atoms with Gasteiger partial charge in [0.05, 0.1) is 24.1 Å². The fourth-order valence-electron chi connectivity index (χ4n) is 4.22. The number of rotatable bonds is 4. The SMILES string of the molecule is NCC1=NCC(=O)c2ccc(-c3cnn4c3CN(Cc3ccccc3)CC4)cc21. The first kappa shape index (κ1) is 18.0. The van der Waals surface area contributed by atoms with Crippen LogP contribution in [0.5, 0.6) is 0 Å². The maximum atomic E-state index is 12.2. The van der Waals surface area contributed by atoms with Gasteiger partial charge in [0, 0.05) is 42.9 Å². The zero-order valence-electron chi connectivity index (χ0n) is 16.2. The van der Waals surface area contributed by atoms with E-state index in [1.165, 1.54) is 11.3 Å². The van der Waals surface area contributed by atoms with Crippen LogP contribution in [0.15, 0.2) is 59.7 Å². The molecule has 29 heavy (non-hydrogen) atoms. The van der Waals surface area contributed by atoms with E-state index in [2.05, 4.69) is 43.9 Å². The third-order valence-corrected chi connectivity index (χ3v) is 5.75. The minimum Gasteiger partial charge on any atom is -0.325 e. The Morgan fingerprint density at radius 1 is 1.00 bits per heavy atom. The summed E-state index contributed by atoms with van der Waals surface area (Å²) in [4.78, 5) is 19.0. The Bertz CT molecular complexity index is 1100. The van der Waals surface area contributed by atoms with Crippen molar-refractivity contribution in [3.05, 3.63) is 77.1 Å². The van der Waals surface area contributed by atoms with Crippen molar-refractivity contribution >= 4 is 11.5 Å². The number of hydrogen-bond acceptors (Lipinski definition) is 5. The van der Waals surface area contributed by atoms with Crippen LogP contribution in [0.4, 0.5) is 0 Å². The van der Waals surface area contributed by atoms with Crippen LogP contribution >= 0.6 is 0 Å². The maximum absolute atomic E-state index is 12.2. The summed E-state index contributed by atoms with van der Waals surface area (Å²) < 4.78 is 2.10. The number of nitrogens with zero attached hydrogens (tertiary/aromatic N) is 4. The molecule has 3 heterocycles. The van der Waals surface area contributed by atoms with Gasteiger partial charge >= 0.3 is 0 Å². The van der Waals surface area contributed by atoms with Crippen LogP contribution in [-0.4, -0.2) is 45.8 Å². The molecule has 2 N–H and O–H groups in total. The number of hydrogen-bond donors (Lipinski definition) is 1. The standard InChI is InChI=1S/C23H23N5O/c24-11-21-19-10-17(6-7-18(19)23(29)13-25-21)20-12-26-28-9-8-27(15-22(20)28)14-16-4-2-1-3-5-16/h1-7,10,12H,8-9,11,13-15,24H2. The predicted molar refractivity (Wildman–Crippen MR) is 113 cm³/mol. The quantitative estimate of drug-likeness (QED) is 0.749. The summed E-state index contributed by atoms with van der Waals surface area (Å²) in [6, 6.07) is 16.5. The van der Waals surface area contributed by atoms with E-state index in [9.17, 15) is 4.79 Å². The van der Waals surface area contributed by atoms with Crippen LogP contribution < -0.4 is 5.73 Å². The maximum Gasteiger partial charge on any atom is 0.184 e. The first-order valence-corrected chi connectivity index (χ1v) is 9.95. The topological polar surface area (TPSA) is 76.5 Å². The summed E-state index contributed by atoms with van der Waals surface area (Å²) in [7, 11) is 0. The Kier molecular flexibility index (Phi) is 4.58. The zero-order valence-corrected chi connectivity index (χ0v) is 16.2. The highest BCUT2D eigenvalue weighted by atomic mass is 16.1. The van der Waals surface area contributed by atoms with E-state index in [1.54, 1.807) is 0 Å². The molecule has 0 aliphatic carbocycles. The molecule has 2 aromatic carbocycles. The monoisotopic (exact) mass is 385 g/mol. The third-order valence-electron chi connectivity index (χ3n) is 5.75. The van der Waals surface area contributed by atoms with E-state index in [0.717, 1.165) is 54.1 Å².